The predicted molar refractivity (Wildman–Crippen MR) is 93.2 cm³/mol. The molecule has 0 fully saturated rings. The number of benzene rings is 1. The molecule has 26 heavy (non-hydrogen) atoms. The van der Waals surface area contributed by atoms with Crippen molar-refractivity contribution in [2.24, 2.45) is 19.8 Å². The highest BCUT2D eigenvalue weighted by atomic mass is 16.2. The lowest BCUT2D eigenvalue weighted by Gasteiger charge is -2.34. The Labute approximate surface area is 147 Å². The number of nitriles is 1. The van der Waals surface area contributed by atoms with Crippen LogP contribution in [0.1, 0.15) is 11.1 Å². The lowest BCUT2D eigenvalue weighted by atomic mass is 9.69. The molecule has 1 atom stereocenters. The van der Waals surface area contributed by atoms with E-state index in [1.165, 1.54) is 18.7 Å². The molecule has 0 saturated heterocycles. The molecule has 2 aliphatic rings. The standard InChI is InChI=1S/C17H14N6O3/c1-22-13-11(14(24)23(2)16(22)26)17(9(7-18)12(19)21-13)8-5-3-4-6-10(8)20-15(17)25/h3-6,21H,19H2,1-2H3,(H,20,25). The van der Waals surface area contributed by atoms with Gasteiger partial charge < -0.3 is 16.4 Å². The Kier molecular flexibility index (Phi) is 2.94. The summed E-state index contributed by atoms with van der Waals surface area (Å²) in [6.45, 7) is 0. The summed E-state index contributed by atoms with van der Waals surface area (Å²) in [6.07, 6.45) is 0. The van der Waals surface area contributed by atoms with Crippen molar-refractivity contribution in [1.82, 2.24) is 9.13 Å². The van der Waals surface area contributed by atoms with E-state index in [9.17, 15) is 19.6 Å². The number of carbonyl (C=O) groups excluding carboxylic acids is 1. The van der Waals surface area contributed by atoms with Crippen LogP contribution in [0.25, 0.3) is 0 Å². The minimum Gasteiger partial charge on any atom is -0.384 e. The Balaban J connectivity index is 2.29. The van der Waals surface area contributed by atoms with Crippen LogP contribution >= 0.6 is 0 Å². The molecule has 0 saturated carbocycles. The van der Waals surface area contributed by atoms with Gasteiger partial charge in [0.15, 0.2) is 0 Å². The highest BCUT2D eigenvalue weighted by Gasteiger charge is 2.57. The number of para-hydroxylation sites is 1. The number of amides is 1. The van der Waals surface area contributed by atoms with Crippen LogP contribution in [0.2, 0.25) is 0 Å². The summed E-state index contributed by atoms with van der Waals surface area (Å²) in [6, 6.07) is 8.76. The molecule has 0 bridgehead atoms. The topological polar surface area (TPSA) is 135 Å². The molecule has 1 unspecified atom stereocenters. The first kappa shape index (κ1) is 15.7. The third-order valence-corrected chi connectivity index (χ3v) is 4.97. The second kappa shape index (κ2) is 4.86. The van der Waals surface area contributed by atoms with Crippen molar-refractivity contribution < 1.29 is 4.79 Å². The Hall–Kier alpha value is -3.80. The summed E-state index contributed by atoms with van der Waals surface area (Å²) in [5.74, 6) is -0.534. The number of rotatable bonds is 0. The van der Waals surface area contributed by atoms with Crippen LogP contribution in [0.3, 0.4) is 0 Å². The molecular weight excluding hydrogens is 336 g/mol. The molecule has 0 aliphatic carbocycles. The maximum absolute atomic E-state index is 13.1. The molecule has 2 aliphatic heterocycles. The number of hydrogen-bond donors (Lipinski definition) is 3. The number of nitrogens with zero attached hydrogens (tertiary/aromatic N) is 3. The summed E-state index contributed by atoms with van der Waals surface area (Å²) in [5, 5.41) is 15.2. The van der Waals surface area contributed by atoms with Gasteiger partial charge in [0.05, 0.1) is 11.1 Å². The van der Waals surface area contributed by atoms with E-state index in [0.717, 1.165) is 4.57 Å². The van der Waals surface area contributed by atoms with Gasteiger partial charge in [0.1, 0.15) is 23.1 Å². The third-order valence-electron chi connectivity index (χ3n) is 4.97. The second-order valence-corrected chi connectivity index (χ2v) is 6.20. The Morgan fingerprint density at radius 2 is 1.81 bits per heavy atom. The summed E-state index contributed by atoms with van der Waals surface area (Å²) < 4.78 is 2.11. The van der Waals surface area contributed by atoms with Crippen molar-refractivity contribution in [1.29, 1.82) is 5.26 Å². The number of nitrogens with two attached hydrogens (primary N) is 1. The molecule has 3 heterocycles. The van der Waals surface area contributed by atoms with Gasteiger partial charge in [-0.2, -0.15) is 5.26 Å². The molecule has 1 spiro atoms. The number of aromatic nitrogens is 2. The van der Waals surface area contributed by atoms with Crippen LogP contribution in [0.5, 0.6) is 0 Å². The van der Waals surface area contributed by atoms with E-state index in [0.29, 0.717) is 11.3 Å². The molecule has 130 valence electrons. The fraction of sp³-hybridized carbons (Fsp3) is 0.176. The molecule has 1 amide bonds. The highest BCUT2D eigenvalue weighted by molar-refractivity contribution is 6.13. The summed E-state index contributed by atoms with van der Waals surface area (Å²) >= 11 is 0. The van der Waals surface area contributed by atoms with E-state index >= 15 is 0 Å². The molecule has 1 aromatic carbocycles. The number of hydrogen-bond acceptors (Lipinski definition) is 6. The lowest BCUT2D eigenvalue weighted by molar-refractivity contribution is -0.118. The number of anilines is 2. The van der Waals surface area contributed by atoms with Crippen molar-refractivity contribution in [3.8, 4) is 6.07 Å². The van der Waals surface area contributed by atoms with E-state index in [2.05, 4.69) is 10.6 Å². The number of fused-ring (bicyclic) bond motifs is 4. The Bertz CT molecular complexity index is 1200. The van der Waals surface area contributed by atoms with Gasteiger partial charge in [0.25, 0.3) is 5.56 Å². The highest BCUT2D eigenvalue weighted by Crippen LogP contribution is 2.50. The lowest BCUT2D eigenvalue weighted by Crippen LogP contribution is -2.52. The van der Waals surface area contributed by atoms with E-state index < -0.39 is 22.6 Å². The average Bonchev–Trinajstić information content (AvgIpc) is 2.91. The van der Waals surface area contributed by atoms with Crippen LogP contribution < -0.4 is 27.6 Å². The minimum absolute atomic E-state index is 0.00435. The van der Waals surface area contributed by atoms with E-state index in [1.807, 2.05) is 6.07 Å². The van der Waals surface area contributed by atoms with Gasteiger partial charge in [-0.25, -0.2) is 4.79 Å². The van der Waals surface area contributed by atoms with Crippen molar-refractivity contribution in [2.45, 2.75) is 5.41 Å². The molecule has 4 N–H and O–H groups in total. The molecule has 4 rings (SSSR count). The third kappa shape index (κ3) is 1.56. The summed E-state index contributed by atoms with van der Waals surface area (Å²) in [7, 11) is 2.79. The SMILES string of the molecule is Cn1c2c(c(=O)n(C)c1=O)C1(C(=O)Nc3ccccc31)C(C#N)=C(N)N2. The fourth-order valence-corrected chi connectivity index (χ4v) is 3.74. The second-order valence-electron chi connectivity index (χ2n) is 6.20. The zero-order valence-electron chi connectivity index (χ0n) is 14.0. The number of nitrogens with one attached hydrogen (secondary N) is 2. The van der Waals surface area contributed by atoms with Gasteiger partial charge in [-0.05, 0) is 6.07 Å². The first-order valence-electron chi connectivity index (χ1n) is 7.74. The maximum atomic E-state index is 13.1. The fourth-order valence-electron chi connectivity index (χ4n) is 3.74. The van der Waals surface area contributed by atoms with Gasteiger partial charge >= 0.3 is 5.69 Å². The van der Waals surface area contributed by atoms with Crippen molar-refractivity contribution in [3.05, 3.63) is 67.6 Å². The minimum atomic E-state index is -1.71. The molecular formula is C17H14N6O3. The Morgan fingerprint density at radius 1 is 1.12 bits per heavy atom. The zero-order valence-corrected chi connectivity index (χ0v) is 14.0. The molecule has 2 aromatic rings. The molecule has 9 heteroatoms. The molecule has 1 aromatic heterocycles. The first-order valence-corrected chi connectivity index (χ1v) is 7.74. The largest absolute Gasteiger partial charge is 0.384 e. The Morgan fingerprint density at radius 3 is 2.50 bits per heavy atom. The van der Waals surface area contributed by atoms with E-state index in [-0.39, 0.29) is 22.8 Å². The van der Waals surface area contributed by atoms with Crippen LogP contribution in [-0.4, -0.2) is 15.0 Å². The van der Waals surface area contributed by atoms with E-state index in [1.54, 1.807) is 24.3 Å². The van der Waals surface area contributed by atoms with E-state index in [4.69, 9.17) is 5.73 Å². The molecule has 0 radical (unpaired) electrons. The van der Waals surface area contributed by atoms with Crippen molar-refractivity contribution >= 4 is 17.4 Å². The van der Waals surface area contributed by atoms with Crippen LogP contribution in [0.4, 0.5) is 11.5 Å². The smallest absolute Gasteiger partial charge is 0.332 e. The first-order chi connectivity index (χ1) is 12.4. The maximum Gasteiger partial charge on any atom is 0.332 e. The normalized spacial score (nSPS) is 20.3. The quantitative estimate of drug-likeness (QED) is 0.583. The van der Waals surface area contributed by atoms with Gasteiger partial charge in [-0.1, -0.05) is 18.2 Å². The van der Waals surface area contributed by atoms with Crippen LogP contribution in [0.15, 0.2) is 45.2 Å². The van der Waals surface area contributed by atoms with Crippen molar-refractivity contribution in [2.75, 3.05) is 10.6 Å². The van der Waals surface area contributed by atoms with Crippen LogP contribution in [0, 0.1) is 11.3 Å². The van der Waals surface area contributed by atoms with Gasteiger partial charge in [-0.3, -0.25) is 18.7 Å². The van der Waals surface area contributed by atoms with Gasteiger partial charge in [0, 0.05) is 25.3 Å². The average molecular weight is 350 g/mol. The zero-order chi connectivity index (χ0) is 18.8. The van der Waals surface area contributed by atoms with Crippen molar-refractivity contribution in [3.63, 3.8) is 0 Å². The molecule has 9 nitrogen and oxygen atoms in total. The number of carbonyl (C=O) groups is 1. The summed E-state index contributed by atoms with van der Waals surface area (Å²) in [5.41, 5.74) is 3.93. The summed E-state index contributed by atoms with van der Waals surface area (Å²) in [4.78, 5) is 38.5. The van der Waals surface area contributed by atoms with Gasteiger partial charge in [-0.15, -0.1) is 0 Å². The van der Waals surface area contributed by atoms with Crippen LogP contribution in [-0.2, 0) is 24.3 Å². The van der Waals surface area contributed by atoms with Gasteiger partial charge in [0.2, 0.25) is 5.91 Å². The predicted octanol–water partition coefficient (Wildman–Crippen LogP) is -0.558. The monoisotopic (exact) mass is 350 g/mol.